The van der Waals surface area contributed by atoms with Crippen molar-refractivity contribution >= 4 is 11.9 Å². The minimum Gasteiger partial charge on any atom is -0.480 e. The third kappa shape index (κ3) is 3.25. The molecule has 0 saturated carbocycles. The molecule has 0 aromatic carbocycles. The predicted molar refractivity (Wildman–Crippen MR) is 56.4 cm³/mol. The fraction of sp³-hybridized carbons (Fsp3) is 0.556. The Morgan fingerprint density at radius 1 is 1.47 bits per heavy atom. The first-order valence-corrected chi connectivity index (χ1v) is 5.02. The zero-order chi connectivity index (χ0) is 13.0. The second-order valence-electron chi connectivity index (χ2n) is 3.75. The van der Waals surface area contributed by atoms with Crippen molar-refractivity contribution in [2.75, 3.05) is 6.61 Å². The van der Waals surface area contributed by atoms with Gasteiger partial charge < -0.3 is 15.5 Å². The highest BCUT2D eigenvalue weighted by Crippen LogP contribution is 2.07. The highest BCUT2D eigenvalue weighted by molar-refractivity contribution is 5.93. The van der Waals surface area contributed by atoms with Crippen LogP contribution in [0.5, 0.6) is 0 Å². The summed E-state index contributed by atoms with van der Waals surface area (Å²) in [5.41, 5.74) is 0. The number of rotatable bonds is 5. The number of hydrogen-bond donors (Lipinski definition) is 4. The van der Waals surface area contributed by atoms with Crippen molar-refractivity contribution < 1.29 is 19.8 Å². The maximum absolute atomic E-state index is 11.5. The lowest BCUT2D eigenvalue weighted by atomic mass is 10.2. The van der Waals surface area contributed by atoms with Gasteiger partial charge in [0.2, 0.25) is 5.82 Å². The zero-order valence-corrected chi connectivity index (χ0v) is 9.47. The zero-order valence-electron chi connectivity index (χ0n) is 9.47. The SMILES string of the molecule is CC(C)c1nc(C(=O)N[C@H](CO)C(=O)O)n[nH]1. The first kappa shape index (κ1) is 13.1. The first-order chi connectivity index (χ1) is 7.95. The predicted octanol–water partition coefficient (Wildman–Crippen LogP) is -0.897. The van der Waals surface area contributed by atoms with Crippen LogP contribution in [-0.4, -0.2) is 49.9 Å². The van der Waals surface area contributed by atoms with Crippen molar-refractivity contribution in [1.29, 1.82) is 0 Å². The minimum atomic E-state index is -1.36. The van der Waals surface area contributed by atoms with Crippen LogP contribution in [0.1, 0.15) is 36.2 Å². The fourth-order valence-electron chi connectivity index (χ4n) is 1.04. The Bertz CT molecular complexity index is 415. The van der Waals surface area contributed by atoms with E-state index >= 15 is 0 Å². The lowest BCUT2D eigenvalue weighted by Gasteiger charge is -2.09. The molecule has 0 radical (unpaired) electrons. The molecule has 0 saturated heterocycles. The van der Waals surface area contributed by atoms with Crippen LogP contribution in [0.3, 0.4) is 0 Å². The molecule has 1 rings (SSSR count). The van der Waals surface area contributed by atoms with Gasteiger partial charge in [-0.2, -0.15) is 0 Å². The van der Waals surface area contributed by atoms with E-state index in [2.05, 4.69) is 20.5 Å². The standard InChI is InChI=1S/C9H14N4O4/c1-4(2)6-11-7(13-12-6)8(15)10-5(3-14)9(16)17/h4-5,14H,3H2,1-2H3,(H,10,15)(H,16,17)(H,11,12,13)/t5-/m1/s1. The third-order valence-electron chi connectivity index (χ3n) is 2.04. The van der Waals surface area contributed by atoms with Crippen molar-refractivity contribution in [1.82, 2.24) is 20.5 Å². The van der Waals surface area contributed by atoms with Gasteiger partial charge in [-0.25, -0.2) is 9.78 Å². The summed E-state index contributed by atoms with van der Waals surface area (Å²) < 4.78 is 0. The molecule has 0 aliphatic heterocycles. The van der Waals surface area contributed by atoms with Crippen LogP contribution in [0.15, 0.2) is 0 Å². The molecule has 1 amide bonds. The largest absolute Gasteiger partial charge is 0.480 e. The minimum absolute atomic E-state index is 0.0807. The summed E-state index contributed by atoms with van der Waals surface area (Å²) in [5.74, 6) is -1.59. The molecule has 1 aromatic heterocycles. The average Bonchev–Trinajstić information content (AvgIpc) is 2.74. The van der Waals surface area contributed by atoms with E-state index in [0.717, 1.165) is 0 Å². The summed E-state index contributed by atoms with van der Waals surface area (Å²) in [6.45, 7) is 3.05. The summed E-state index contributed by atoms with van der Waals surface area (Å²) in [4.78, 5) is 26.0. The maximum Gasteiger partial charge on any atom is 0.328 e. The van der Waals surface area contributed by atoms with Gasteiger partial charge in [0.1, 0.15) is 5.82 Å². The van der Waals surface area contributed by atoms with E-state index in [1.165, 1.54) is 0 Å². The van der Waals surface area contributed by atoms with Gasteiger partial charge in [0, 0.05) is 5.92 Å². The lowest BCUT2D eigenvalue weighted by Crippen LogP contribution is -2.43. The quantitative estimate of drug-likeness (QED) is 0.530. The highest BCUT2D eigenvalue weighted by atomic mass is 16.4. The van der Waals surface area contributed by atoms with Gasteiger partial charge in [-0.15, -0.1) is 5.10 Å². The second kappa shape index (κ2) is 5.39. The maximum atomic E-state index is 11.5. The molecule has 1 heterocycles. The van der Waals surface area contributed by atoms with Crippen LogP contribution in [-0.2, 0) is 4.79 Å². The number of carbonyl (C=O) groups is 2. The summed E-state index contributed by atoms with van der Waals surface area (Å²) in [6.07, 6.45) is 0. The molecule has 0 spiro atoms. The topological polar surface area (TPSA) is 128 Å². The summed E-state index contributed by atoms with van der Waals surface area (Å²) in [6, 6.07) is -1.36. The van der Waals surface area contributed by atoms with E-state index in [9.17, 15) is 9.59 Å². The Morgan fingerprint density at radius 2 is 2.12 bits per heavy atom. The molecule has 1 aromatic rings. The molecule has 0 fully saturated rings. The van der Waals surface area contributed by atoms with Gasteiger partial charge in [-0.3, -0.25) is 9.89 Å². The van der Waals surface area contributed by atoms with E-state index in [1.54, 1.807) is 0 Å². The van der Waals surface area contributed by atoms with Gasteiger partial charge in [-0.1, -0.05) is 13.8 Å². The monoisotopic (exact) mass is 242 g/mol. The average molecular weight is 242 g/mol. The Labute approximate surface area is 97.1 Å². The Kier molecular flexibility index (Phi) is 4.16. The smallest absolute Gasteiger partial charge is 0.328 e. The van der Waals surface area contributed by atoms with Gasteiger partial charge in [0.15, 0.2) is 6.04 Å². The van der Waals surface area contributed by atoms with Crippen molar-refractivity contribution in [2.45, 2.75) is 25.8 Å². The lowest BCUT2D eigenvalue weighted by molar-refractivity contribution is -0.140. The number of aliphatic hydroxyl groups is 1. The number of aliphatic hydroxyl groups excluding tert-OH is 1. The molecule has 17 heavy (non-hydrogen) atoms. The van der Waals surface area contributed by atoms with E-state index in [0.29, 0.717) is 5.82 Å². The number of carboxylic acid groups (broad SMARTS) is 1. The normalized spacial score (nSPS) is 12.5. The van der Waals surface area contributed by atoms with Crippen molar-refractivity contribution in [3.05, 3.63) is 11.6 Å². The van der Waals surface area contributed by atoms with Crippen LogP contribution >= 0.6 is 0 Å². The highest BCUT2D eigenvalue weighted by Gasteiger charge is 2.22. The third-order valence-corrected chi connectivity index (χ3v) is 2.04. The summed E-state index contributed by atoms with van der Waals surface area (Å²) >= 11 is 0. The van der Waals surface area contributed by atoms with Crippen molar-refractivity contribution in [2.24, 2.45) is 0 Å². The number of carbonyl (C=O) groups excluding carboxylic acids is 1. The molecule has 1 atom stereocenters. The summed E-state index contributed by atoms with van der Waals surface area (Å²) in [5, 5.41) is 25.7. The number of H-pyrrole nitrogens is 1. The number of aliphatic carboxylic acids is 1. The molecule has 8 nitrogen and oxygen atoms in total. The van der Waals surface area contributed by atoms with E-state index < -0.39 is 24.5 Å². The van der Waals surface area contributed by atoms with Crippen LogP contribution in [0.2, 0.25) is 0 Å². The molecular formula is C9H14N4O4. The Hall–Kier alpha value is -1.96. The van der Waals surface area contributed by atoms with Crippen LogP contribution in [0.4, 0.5) is 0 Å². The molecule has 8 heteroatoms. The molecule has 0 aliphatic carbocycles. The molecule has 0 unspecified atom stereocenters. The number of nitrogens with one attached hydrogen (secondary N) is 2. The van der Waals surface area contributed by atoms with Crippen LogP contribution < -0.4 is 5.32 Å². The van der Waals surface area contributed by atoms with Gasteiger partial charge in [0.25, 0.3) is 5.91 Å². The van der Waals surface area contributed by atoms with Crippen LogP contribution in [0.25, 0.3) is 0 Å². The number of amides is 1. The van der Waals surface area contributed by atoms with Gasteiger partial charge in [0.05, 0.1) is 6.61 Å². The Balaban J connectivity index is 2.72. The van der Waals surface area contributed by atoms with E-state index in [-0.39, 0.29) is 11.7 Å². The first-order valence-electron chi connectivity index (χ1n) is 5.02. The van der Waals surface area contributed by atoms with E-state index in [1.807, 2.05) is 13.8 Å². The molecule has 0 bridgehead atoms. The number of aromatic amines is 1. The fourth-order valence-corrected chi connectivity index (χ4v) is 1.04. The van der Waals surface area contributed by atoms with Crippen LogP contribution in [0, 0.1) is 0 Å². The Morgan fingerprint density at radius 3 is 2.53 bits per heavy atom. The summed E-state index contributed by atoms with van der Waals surface area (Å²) in [7, 11) is 0. The number of aromatic nitrogens is 3. The van der Waals surface area contributed by atoms with E-state index in [4.69, 9.17) is 10.2 Å². The number of carboxylic acids is 1. The van der Waals surface area contributed by atoms with Gasteiger partial charge in [-0.05, 0) is 0 Å². The van der Waals surface area contributed by atoms with Gasteiger partial charge >= 0.3 is 5.97 Å². The van der Waals surface area contributed by atoms with Crippen molar-refractivity contribution in [3.63, 3.8) is 0 Å². The molecular weight excluding hydrogens is 228 g/mol. The molecule has 4 N–H and O–H groups in total. The number of nitrogens with zero attached hydrogens (tertiary/aromatic N) is 2. The second-order valence-corrected chi connectivity index (χ2v) is 3.75. The van der Waals surface area contributed by atoms with Crippen molar-refractivity contribution in [3.8, 4) is 0 Å². The molecule has 0 aliphatic rings. The molecule has 94 valence electrons. The number of hydrogen-bond acceptors (Lipinski definition) is 5.